The molecule has 1 rings (SSSR count). The molecule has 4 nitrogen and oxygen atoms in total. The van der Waals surface area contributed by atoms with E-state index in [4.69, 9.17) is 10.2 Å². The van der Waals surface area contributed by atoms with Crippen molar-refractivity contribution < 1.29 is 15.0 Å². The monoisotopic (exact) mass is 145 g/mol. The fourth-order valence-electron chi connectivity index (χ4n) is 1.08. The van der Waals surface area contributed by atoms with Crippen molar-refractivity contribution >= 4 is 5.91 Å². The first-order valence-corrected chi connectivity index (χ1v) is 3.24. The van der Waals surface area contributed by atoms with Crippen molar-refractivity contribution in [2.75, 3.05) is 13.6 Å². The maximum atomic E-state index is 10.9. The van der Waals surface area contributed by atoms with E-state index in [0.717, 1.165) is 0 Å². The van der Waals surface area contributed by atoms with Gasteiger partial charge in [-0.2, -0.15) is 0 Å². The summed E-state index contributed by atoms with van der Waals surface area (Å²) in [5.41, 5.74) is 0. The minimum absolute atomic E-state index is 0.149. The van der Waals surface area contributed by atoms with E-state index in [2.05, 4.69) is 0 Å². The second-order valence-corrected chi connectivity index (χ2v) is 2.65. The Hall–Kier alpha value is -0.610. The summed E-state index contributed by atoms with van der Waals surface area (Å²) in [7, 11) is 1.56. The lowest BCUT2D eigenvalue weighted by Gasteiger charge is -2.31. The third kappa shape index (κ3) is 1.12. The molecular weight excluding hydrogens is 134 g/mol. The molecule has 58 valence electrons. The standard InChI is InChI=1S/C6H11NO3/c1-7-4-2-3-6(9,10)5(7)8/h9-10H,2-4H2,1H3. The van der Waals surface area contributed by atoms with Gasteiger partial charge in [0.1, 0.15) is 0 Å². The van der Waals surface area contributed by atoms with Crippen LogP contribution in [0.2, 0.25) is 0 Å². The smallest absolute Gasteiger partial charge is 0.282 e. The lowest BCUT2D eigenvalue weighted by atomic mass is 10.1. The zero-order valence-corrected chi connectivity index (χ0v) is 5.87. The topological polar surface area (TPSA) is 60.8 Å². The molecule has 1 heterocycles. The van der Waals surface area contributed by atoms with E-state index < -0.39 is 11.7 Å². The van der Waals surface area contributed by atoms with Crippen LogP contribution in [0, 0.1) is 0 Å². The zero-order valence-electron chi connectivity index (χ0n) is 5.87. The van der Waals surface area contributed by atoms with Crippen LogP contribution in [-0.2, 0) is 4.79 Å². The predicted octanol–water partition coefficient (Wildman–Crippen LogP) is -1.08. The van der Waals surface area contributed by atoms with Gasteiger partial charge < -0.3 is 15.1 Å². The Labute approximate surface area is 59.1 Å². The van der Waals surface area contributed by atoms with Gasteiger partial charge in [-0.1, -0.05) is 0 Å². The Balaban J connectivity index is 2.70. The third-order valence-corrected chi connectivity index (χ3v) is 1.71. The molecule has 10 heavy (non-hydrogen) atoms. The molecule has 4 heteroatoms. The first kappa shape index (κ1) is 7.50. The summed E-state index contributed by atoms with van der Waals surface area (Å²) in [6.45, 7) is 0.613. The van der Waals surface area contributed by atoms with E-state index in [9.17, 15) is 4.79 Å². The molecular formula is C6H11NO3. The minimum atomic E-state index is -2.10. The molecule has 0 aromatic carbocycles. The van der Waals surface area contributed by atoms with Crippen LogP contribution in [0.5, 0.6) is 0 Å². The molecule has 1 fully saturated rings. The summed E-state index contributed by atoms with van der Waals surface area (Å²) < 4.78 is 0. The Morgan fingerprint density at radius 1 is 1.60 bits per heavy atom. The average molecular weight is 145 g/mol. The van der Waals surface area contributed by atoms with Gasteiger partial charge in [-0.05, 0) is 6.42 Å². The summed E-state index contributed by atoms with van der Waals surface area (Å²) in [5.74, 6) is -2.70. The van der Waals surface area contributed by atoms with Crippen molar-refractivity contribution in [3.8, 4) is 0 Å². The van der Waals surface area contributed by atoms with Crippen LogP contribution in [0.15, 0.2) is 0 Å². The van der Waals surface area contributed by atoms with Crippen molar-refractivity contribution in [3.05, 3.63) is 0 Å². The number of rotatable bonds is 0. The minimum Gasteiger partial charge on any atom is -0.358 e. The lowest BCUT2D eigenvalue weighted by Crippen LogP contribution is -2.51. The molecule has 0 aromatic rings. The van der Waals surface area contributed by atoms with E-state index in [1.54, 1.807) is 7.05 Å². The highest BCUT2D eigenvalue weighted by Gasteiger charge is 2.38. The van der Waals surface area contributed by atoms with Crippen molar-refractivity contribution in [3.63, 3.8) is 0 Å². The number of carbonyl (C=O) groups is 1. The van der Waals surface area contributed by atoms with Gasteiger partial charge in [-0.3, -0.25) is 4.79 Å². The first-order chi connectivity index (χ1) is 4.54. The van der Waals surface area contributed by atoms with Crippen molar-refractivity contribution in [1.82, 2.24) is 4.90 Å². The molecule has 0 aromatic heterocycles. The highest BCUT2D eigenvalue weighted by molar-refractivity contribution is 5.83. The quantitative estimate of drug-likeness (QED) is 0.426. The van der Waals surface area contributed by atoms with E-state index in [1.165, 1.54) is 4.90 Å². The molecule has 0 saturated carbocycles. The Morgan fingerprint density at radius 3 is 2.60 bits per heavy atom. The van der Waals surface area contributed by atoms with Gasteiger partial charge in [0.2, 0.25) is 5.79 Å². The van der Waals surface area contributed by atoms with Gasteiger partial charge in [-0.15, -0.1) is 0 Å². The van der Waals surface area contributed by atoms with Crippen molar-refractivity contribution in [2.45, 2.75) is 18.6 Å². The Kier molecular flexibility index (Phi) is 1.66. The van der Waals surface area contributed by atoms with Crippen LogP contribution in [0.25, 0.3) is 0 Å². The summed E-state index contributed by atoms with van der Waals surface area (Å²) >= 11 is 0. The van der Waals surface area contributed by atoms with Gasteiger partial charge in [-0.25, -0.2) is 0 Å². The first-order valence-electron chi connectivity index (χ1n) is 3.24. The summed E-state index contributed by atoms with van der Waals surface area (Å²) in [6.07, 6.45) is 0.797. The SMILES string of the molecule is CN1CCCC(O)(O)C1=O. The maximum absolute atomic E-state index is 10.9. The summed E-state index contributed by atoms with van der Waals surface area (Å²) in [4.78, 5) is 12.2. The molecule has 1 saturated heterocycles. The van der Waals surface area contributed by atoms with Gasteiger partial charge in [0.05, 0.1) is 0 Å². The molecule has 0 bridgehead atoms. The van der Waals surface area contributed by atoms with Gasteiger partial charge in [0.15, 0.2) is 0 Å². The number of amides is 1. The third-order valence-electron chi connectivity index (χ3n) is 1.71. The Bertz CT molecular complexity index is 155. The highest BCUT2D eigenvalue weighted by Crippen LogP contribution is 2.17. The molecule has 1 amide bonds. The number of carbonyl (C=O) groups excluding carboxylic acids is 1. The summed E-state index contributed by atoms with van der Waals surface area (Å²) in [6, 6.07) is 0. The number of piperidine rings is 1. The van der Waals surface area contributed by atoms with Gasteiger partial charge in [0.25, 0.3) is 5.91 Å². The number of hydrogen-bond acceptors (Lipinski definition) is 3. The fraction of sp³-hybridized carbons (Fsp3) is 0.833. The zero-order chi connectivity index (χ0) is 7.78. The van der Waals surface area contributed by atoms with Crippen LogP contribution >= 0.6 is 0 Å². The van der Waals surface area contributed by atoms with Crippen LogP contribution < -0.4 is 0 Å². The van der Waals surface area contributed by atoms with E-state index in [0.29, 0.717) is 13.0 Å². The van der Waals surface area contributed by atoms with Gasteiger partial charge >= 0.3 is 0 Å². The molecule has 1 aliphatic heterocycles. The highest BCUT2D eigenvalue weighted by atomic mass is 16.5. The van der Waals surface area contributed by atoms with E-state index in [1.807, 2.05) is 0 Å². The van der Waals surface area contributed by atoms with Crippen molar-refractivity contribution in [1.29, 1.82) is 0 Å². The molecule has 0 atom stereocenters. The number of hydrogen-bond donors (Lipinski definition) is 2. The fourth-order valence-corrected chi connectivity index (χ4v) is 1.08. The molecule has 0 aliphatic carbocycles. The van der Waals surface area contributed by atoms with Gasteiger partial charge in [0, 0.05) is 20.0 Å². The molecule has 0 unspecified atom stereocenters. The second-order valence-electron chi connectivity index (χ2n) is 2.65. The van der Waals surface area contributed by atoms with Crippen LogP contribution in [0.3, 0.4) is 0 Å². The normalized spacial score (nSPS) is 25.1. The summed E-state index contributed by atoms with van der Waals surface area (Å²) in [5, 5.41) is 18.0. The number of likely N-dealkylation sites (tertiary alicyclic amines) is 1. The van der Waals surface area contributed by atoms with Crippen LogP contribution in [0.1, 0.15) is 12.8 Å². The lowest BCUT2D eigenvalue weighted by molar-refractivity contribution is -0.204. The Morgan fingerprint density at radius 2 is 2.20 bits per heavy atom. The largest absolute Gasteiger partial charge is 0.358 e. The van der Waals surface area contributed by atoms with Crippen molar-refractivity contribution in [2.24, 2.45) is 0 Å². The van der Waals surface area contributed by atoms with E-state index >= 15 is 0 Å². The van der Waals surface area contributed by atoms with Crippen LogP contribution in [0.4, 0.5) is 0 Å². The number of likely N-dealkylation sites (N-methyl/N-ethyl adjacent to an activating group) is 1. The molecule has 0 radical (unpaired) electrons. The van der Waals surface area contributed by atoms with Crippen LogP contribution in [-0.4, -0.2) is 40.4 Å². The predicted molar refractivity (Wildman–Crippen MR) is 34.0 cm³/mol. The molecule has 0 spiro atoms. The molecule has 1 aliphatic rings. The second kappa shape index (κ2) is 2.21. The van der Waals surface area contributed by atoms with E-state index in [-0.39, 0.29) is 6.42 Å². The average Bonchev–Trinajstić information content (AvgIpc) is 1.83. The number of nitrogens with zero attached hydrogens (tertiary/aromatic N) is 1. The maximum Gasteiger partial charge on any atom is 0.282 e. The molecule has 2 N–H and O–H groups in total. The number of aliphatic hydroxyl groups is 2.